The van der Waals surface area contributed by atoms with Crippen molar-refractivity contribution in [3.63, 3.8) is 0 Å². The van der Waals surface area contributed by atoms with Gasteiger partial charge in [0.2, 0.25) is 0 Å². The number of amides is 1. The van der Waals surface area contributed by atoms with Crippen molar-refractivity contribution in [2.75, 3.05) is 0 Å². The Hall–Kier alpha value is -1.61. The third-order valence-corrected chi connectivity index (χ3v) is 4.69. The maximum absolute atomic E-state index is 12.8. The van der Waals surface area contributed by atoms with Crippen LogP contribution in [-0.4, -0.2) is 27.9 Å². The zero-order valence-electron chi connectivity index (χ0n) is 12.3. The molecule has 0 N–H and O–H groups in total. The van der Waals surface area contributed by atoms with E-state index in [1.165, 1.54) is 0 Å². The van der Waals surface area contributed by atoms with Crippen LogP contribution >= 0.6 is 11.6 Å². The molecular formula is C17H19ClN2O. The molecule has 4 heteroatoms. The molecule has 1 aliphatic heterocycles. The van der Waals surface area contributed by atoms with Crippen molar-refractivity contribution in [3.8, 4) is 0 Å². The highest BCUT2D eigenvalue weighted by atomic mass is 35.5. The van der Waals surface area contributed by atoms with Crippen molar-refractivity contribution in [2.45, 2.75) is 45.2 Å². The van der Waals surface area contributed by atoms with Gasteiger partial charge in [0.15, 0.2) is 0 Å². The highest BCUT2D eigenvalue weighted by Gasteiger charge is 2.34. The summed E-state index contributed by atoms with van der Waals surface area (Å²) in [6, 6.07) is 9.94. The van der Waals surface area contributed by atoms with Crippen LogP contribution in [0, 0.1) is 0 Å². The molecule has 0 radical (unpaired) electrons. The Kier molecular flexibility index (Phi) is 3.85. The lowest BCUT2D eigenvalue weighted by Gasteiger charge is -2.27. The summed E-state index contributed by atoms with van der Waals surface area (Å²) in [4.78, 5) is 19.3. The number of carbonyl (C=O) groups is 1. The number of rotatable bonds is 2. The van der Waals surface area contributed by atoms with Crippen LogP contribution in [0.25, 0.3) is 10.9 Å². The summed E-state index contributed by atoms with van der Waals surface area (Å²) in [6.07, 6.45) is 3.12. The molecule has 1 aromatic heterocycles. The van der Waals surface area contributed by atoms with Crippen molar-refractivity contribution in [1.29, 1.82) is 0 Å². The predicted molar refractivity (Wildman–Crippen MR) is 85.7 cm³/mol. The van der Waals surface area contributed by atoms with Gasteiger partial charge in [-0.15, -0.1) is 0 Å². The molecular weight excluding hydrogens is 284 g/mol. The van der Waals surface area contributed by atoms with E-state index in [0.29, 0.717) is 16.8 Å². The molecule has 1 aliphatic rings. The van der Waals surface area contributed by atoms with Crippen LogP contribution in [0.1, 0.15) is 43.6 Å². The molecule has 0 saturated carbocycles. The van der Waals surface area contributed by atoms with Gasteiger partial charge < -0.3 is 4.90 Å². The second-order valence-corrected chi connectivity index (χ2v) is 6.11. The monoisotopic (exact) mass is 302 g/mol. The van der Waals surface area contributed by atoms with E-state index in [1.54, 1.807) is 6.07 Å². The van der Waals surface area contributed by atoms with Crippen molar-refractivity contribution in [2.24, 2.45) is 0 Å². The fourth-order valence-corrected chi connectivity index (χ4v) is 3.48. The van der Waals surface area contributed by atoms with Gasteiger partial charge in [-0.05, 0) is 38.3 Å². The first kappa shape index (κ1) is 14.3. The average Bonchev–Trinajstić information content (AvgIpc) is 2.87. The number of aromatic nitrogens is 1. The molecule has 1 fully saturated rings. The lowest BCUT2D eigenvalue weighted by atomic mass is 10.1. The summed E-state index contributed by atoms with van der Waals surface area (Å²) in [5.74, 6) is -0.000460. The van der Waals surface area contributed by atoms with Gasteiger partial charge in [0, 0.05) is 17.5 Å². The zero-order valence-corrected chi connectivity index (χ0v) is 13.1. The SMILES string of the molecule is CCC1CCC(C)N1C(=O)c1cc(Cl)c2ccccc2n1. The first-order valence-corrected chi connectivity index (χ1v) is 7.87. The van der Waals surface area contributed by atoms with Gasteiger partial charge in [-0.2, -0.15) is 0 Å². The molecule has 1 saturated heterocycles. The number of benzene rings is 1. The topological polar surface area (TPSA) is 33.2 Å². The number of halogens is 1. The number of para-hydroxylation sites is 1. The molecule has 1 aromatic carbocycles. The number of likely N-dealkylation sites (tertiary alicyclic amines) is 1. The summed E-state index contributed by atoms with van der Waals surface area (Å²) in [6.45, 7) is 4.24. The Bertz CT molecular complexity index is 686. The third-order valence-electron chi connectivity index (χ3n) is 4.38. The Morgan fingerprint density at radius 1 is 1.38 bits per heavy atom. The van der Waals surface area contributed by atoms with Crippen molar-refractivity contribution >= 4 is 28.4 Å². The number of carbonyl (C=O) groups excluding carboxylic acids is 1. The van der Waals surface area contributed by atoms with E-state index < -0.39 is 0 Å². The molecule has 2 aromatic rings. The molecule has 2 atom stereocenters. The lowest BCUT2D eigenvalue weighted by Crippen LogP contribution is -2.40. The van der Waals surface area contributed by atoms with E-state index in [4.69, 9.17) is 11.6 Å². The van der Waals surface area contributed by atoms with Gasteiger partial charge >= 0.3 is 0 Å². The fraction of sp³-hybridized carbons (Fsp3) is 0.412. The smallest absolute Gasteiger partial charge is 0.273 e. The second kappa shape index (κ2) is 5.64. The number of hydrogen-bond acceptors (Lipinski definition) is 2. The number of hydrogen-bond donors (Lipinski definition) is 0. The highest BCUT2D eigenvalue weighted by Crippen LogP contribution is 2.29. The maximum atomic E-state index is 12.8. The number of pyridine rings is 1. The minimum atomic E-state index is -0.000460. The standard InChI is InChI=1S/C17H19ClN2O/c1-3-12-9-8-11(2)20(12)17(21)16-10-14(18)13-6-4-5-7-15(13)19-16/h4-7,10-12H,3,8-9H2,1-2H3. The molecule has 2 unspecified atom stereocenters. The summed E-state index contributed by atoms with van der Waals surface area (Å²) in [7, 11) is 0. The highest BCUT2D eigenvalue weighted by molar-refractivity contribution is 6.35. The zero-order chi connectivity index (χ0) is 15.0. The predicted octanol–water partition coefficient (Wildman–Crippen LogP) is 4.29. The molecule has 0 bridgehead atoms. The summed E-state index contributed by atoms with van der Waals surface area (Å²) >= 11 is 6.31. The average molecular weight is 303 g/mol. The quantitative estimate of drug-likeness (QED) is 0.829. The summed E-state index contributed by atoms with van der Waals surface area (Å²) in [5.41, 5.74) is 1.22. The van der Waals surface area contributed by atoms with Crippen molar-refractivity contribution in [3.05, 3.63) is 41.0 Å². The molecule has 3 nitrogen and oxygen atoms in total. The number of nitrogens with zero attached hydrogens (tertiary/aromatic N) is 2. The fourth-order valence-electron chi connectivity index (χ4n) is 3.21. The van der Waals surface area contributed by atoms with Crippen LogP contribution in [-0.2, 0) is 0 Å². The molecule has 1 amide bonds. The van der Waals surface area contributed by atoms with Gasteiger partial charge in [-0.25, -0.2) is 4.98 Å². The van der Waals surface area contributed by atoms with Crippen LogP contribution in [0.2, 0.25) is 5.02 Å². The molecule has 2 heterocycles. The Morgan fingerprint density at radius 3 is 2.90 bits per heavy atom. The molecule has 21 heavy (non-hydrogen) atoms. The van der Waals surface area contributed by atoms with Crippen molar-refractivity contribution < 1.29 is 4.79 Å². The molecule has 0 spiro atoms. The van der Waals surface area contributed by atoms with Gasteiger partial charge in [-0.3, -0.25) is 4.79 Å². The van der Waals surface area contributed by atoms with Gasteiger partial charge in [-0.1, -0.05) is 36.7 Å². The Balaban J connectivity index is 2.01. The Morgan fingerprint density at radius 2 is 2.14 bits per heavy atom. The Labute approximate surface area is 129 Å². The summed E-state index contributed by atoms with van der Waals surface area (Å²) < 4.78 is 0. The van der Waals surface area contributed by atoms with E-state index in [9.17, 15) is 4.79 Å². The molecule has 0 aliphatic carbocycles. The van der Waals surface area contributed by atoms with E-state index in [2.05, 4.69) is 18.8 Å². The van der Waals surface area contributed by atoms with Crippen LogP contribution in [0.4, 0.5) is 0 Å². The minimum absolute atomic E-state index is 0.000460. The van der Waals surface area contributed by atoms with Crippen LogP contribution in [0.3, 0.4) is 0 Å². The lowest BCUT2D eigenvalue weighted by molar-refractivity contribution is 0.0670. The summed E-state index contributed by atoms with van der Waals surface area (Å²) in [5, 5.41) is 1.47. The number of fused-ring (bicyclic) bond motifs is 1. The van der Waals surface area contributed by atoms with Crippen LogP contribution < -0.4 is 0 Å². The largest absolute Gasteiger partial charge is 0.332 e. The van der Waals surface area contributed by atoms with E-state index >= 15 is 0 Å². The van der Waals surface area contributed by atoms with Gasteiger partial charge in [0.1, 0.15) is 5.69 Å². The second-order valence-electron chi connectivity index (χ2n) is 5.71. The van der Waals surface area contributed by atoms with Gasteiger partial charge in [0.25, 0.3) is 5.91 Å². The molecule has 110 valence electrons. The van der Waals surface area contributed by atoms with E-state index in [1.807, 2.05) is 29.2 Å². The first-order chi connectivity index (χ1) is 10.1. The molecule has 3 rings (SSSR count). The minimum Gasteiger partial charge on any atom is -0.332 e. The van der Waals surface area contributed by atoms with Crippen LogP contribution in [0.5, 0.6) is 0 Å². The normalized spacial score (nSPS) is 22.0. The van der Waals surface area contributed by atoms with E-state index in [-0.39, 0.29) is 11.9 Å². The van der Waals surface area contributed by atoms with Gasteiger partial charge in [0.05, 0.1) is 10.5 Å². The maximum Gasteiger partial charge on any atom is 0.273 e. The third kappa shape index (κ3) is 2.51. The van der Waals surface area contributed by atoms with Crippen molar-refractivity contribution in [1.82, 2.24) is 9.88 Å². The van der Waals surface area contributed by atoms with E-state index in [0.717, 1.165) is 30.2 Å². The first-order valence-electron chi connectivity index (χ1n) is 7.49. The van der Waals surface area contributed by atoms with Crippen LogP contribution in [0.15, 0.2) is 30.3 Å².